The molecule has 2 aliphatic rings. The first-order valence-corrected chi connectivity index (χ1v) is 11.4. The highest BCUT2D eigenvalue weighted by atomic mass is 32.2. The van der Waals surface area contributed by atoms with Crippen LogP contribution in [0.25, 0.3) is 0 Å². The number of benzene rings is 2. The summed E-state index contributed by atoms with van der Waals surface area (Å²) in [6.07, 6.45) is 2.95. The molecule has 0 aromatic heterocycles. The van der Waals surface area contributed by atoms with Gasteiger partial charge in [-0.3, -0.25) is 4.90 Å². The van der Waals surface area contributed by atoms with E-state index in [0.717, 1.165) is 29.7 Å². The van der Waals surface area contributed by atoms with Gasteiger partial charge in [0, 0.05) is 5.56 Å². The maximum atomic E-state index is 13.8. The molecule has 29 heavy (non-hydrogen) atoms. The van der Waals surface area contributed by atoms with E-state index < -0.39 is 26.9 Å². The molecule has 2 atom stereocenters. The molecular formula is C22H25NO5S. The van der Waals surface area contributed by atoms with Crippen molar-refractivity contribution >= 4 is 21.6 Å². The first-order valence-electron chi connectivity index (χ1n) is 9.94. The van der Waals surface area contributed by atoms with Crippen LogP contribution in [-0.4, -0.2) is 30.8 Å². The van der Waals surface area contributed by atoms with Gasteiger partial charge in [0.25, 0.3) is 0 Å². The molecule has 4 rings (SSSR count). The Bertz CT molecular complexity index is 1030. The Morgan fingerprint density at radius 3 is 2.28 bits per heavy atom. The number of aliphatic hydroxyl groups is 1. The van der Waals surface area contributed by atoms with E-state index >= 15 is 0 Å². The summed E-state index contributed by atoms with van der Waals surface area (Å²) in [5.74, 6) is -0.238. The quantitative estimate of drug-likeness (QED) is 0.788. The van der Waals surface area contributed by atoms with Gasteiger partial charge in [-0.25, -0.2) is 13.2 Å². The number of carboxylic acid groups (broad SMARTS) is 1. The van der Waals surface area contributed by atoms with Crippen LogP contribution in [0.4, 0.5) is 10.5 Å². The van der Waals surface area contributed by atoms with Crippen LogP contribution >= 0.6 is 0 Å². The molecule has 2 aromatic carbocycles. The monoisotopic (exact) mass is 415 g/mol. The summed E-state index contributed by atoms with van der Waals surface area (Å²) < 4.78 is 27.6. The number of rotatable bonds is 3. The number of anilines is 1. The minimum absolute atomic E-state index is 0.00606. The zero-order valence-electron chi connectivity index (χ0n) is 16.3. The van der Waals surface area contributed by atoms with Crippen LogP contribution in [0, 0.1) is 12.8 Å². The molecule has 6 nitrogen and oxygen atoms in total. The zero-order chi connectivity index (χ0) is 20.8. The molecule has 2 unspecified atom stereocenters. The second-order valence-electron chi connectivity index (χ2n) is 8.03. The highest BCUT2D eigenvalue weighted by Gasteiger charge is 2.62. The van der Waals surface area contributed by atoms with Crippen molar-refractivity contribution in [3.05, 3.63) is 59.7 Å². The lowest BCUT2D eigenvalue weighted by atomic mass is 9.81. The molecule has 0 saturated heterocycles. The molecule has 1 aliphatic heterocycles. The number of hydrogen-bond donors (Lipinski definition) is 2. The van der Waals surface area contributed by atoms with Crippen LogP contribution in [0.15, 0.2) is 53.4 Å². The normalized spacial score (nSPS) is 25.0. The van der Waals surface area contributed by atoms with E-state index in [9.17, 15) is 23.4 Å². The fourth-order valence-corrected chi connectivity index (χ4v) is 6.81. The SMILES string of the molecule is Cc1ccc(S(=O)(=O)C2(O)c3ccccc3N(C(=O)O)C2C2CCCCC2)cc1. The number of fused-ring (bicyclic) bond motifs is 1. The third-order valence-corrected chi connectivity index (χ3v) is 8.45. The van der Waals surface area contributed by atoms with E-state index in [1.54, 1.807) is 30.3 Å². The van der Waals surface area contributed by atoms with Gasteiger partial charge < -0.3 is 10.2 Å². The summed E-state index contributed by atoms with van der Waals surface area (Å²) in [6.45, 7) is 1.85. The van der Waals surface area contributed by atoms with Crippen LogP contribution in [0.5, 0.6) is 0 Å². The van der Waals surface area contributed by atoms with Gasteiger partial charge >= 0.3 is 6.09 Å². The molecule has 0 radical (unpaired) electrons. The van der Waals surface area contributed by atoms with Crippen LogP contribution < -0.4 is 4.90 Å². The van der Waals surface area contributed by atoms with Crippen molar-refractivity contribution in [2.75, 3.05) is 4.90 Å². The first kappa shape index (κ1) is 19.9. The summed E-state index contributed by atoms with van der Waals surface area (Å²) >= 11 is 0. The lowest BCUT2D eigenvalue weighted by Gasteiger charge is -2.39. The molecule has 2 aromatic rings. The minimum Gasteiger partial charge on any atom is -0.465 e. The van der Waals surface area contributed by atoms with Gasteiger partial charge in [-0.15, -0.1) is 0 Å². The maximum absolute atomic E-state index is 13.8. The lowest BCUT2D eigenvalue weighted by molar-refractivity contribution is 0.0665. The van der Waals surface area contributed by atoms with Gasteiger partial charge in [0.15, 0.2) is 0 Å². The van der Waals surface area contributed by atoms with Crippen molar-refractivity contribution in [1.82, 2.24) is 0 Å². The van der Waals surface area contributed by atoms with Gasteiger partial charge in [0.05, 0.1) is 16.6 Å². The Hall–Kier alpha value is -2.38. The largest absolute Gasteiger partial charge is 0.465 e. The molecule has 0 spiro atoms. The van der Waals surface area contributed by atoms with Crippen LogP contribution in [0.3, 0.4) is 0 Å². The molecular weight excluding hydrogens is 390 g/mol. The van der Waals surface area contributed by atoms with E-state index in [-0.39, 0.29) is 22.1 Å². The summed E-state index contributed by atoms with van der Waals surface area (Å²) in [5.41, 5.74) is 1.28. The summed E-state index contributed by atoms with van der Waals surface area (Å²) in [7, 11) is -4.28. The summed E-state index contributed by atoms with van der Waals surface area (Å²) in [6, 6.07) is 11.6. The van der Waals surface area contributed by atoms with Crippen molar-refractivity contribution in [1.29, 1.82) is 0 Å². The molecule has 1 saturated carbocycles. The summed E-state index contributed by atoms with van der Waals surface area (Å²) in [5, 5.41) is 21.9. The Morgan fingerprint density at radius 1 is 1.03 bits per heavy atom. The molecule has 0 bridgehead atoms. The minimum atomic E-state index is -4.28. The second kappa shape index (κ2) is 7.15. The number of sulfone groups is 1. The summed E-state index contributed by atoms with van der Waals surface area (Å²) in [4.78, 5) is 11.0. The van der Waals surface area contributed by atoms with Gasteiger partial charge in [-0.2, -0.15) is 0 Å². The van der Waals surface area contributed by atoms with E-state index in [0.29, 0.717) is 12.8 Å². The first-order chi connectivity index (χ1) is 13.8. The Labute approximate surface area is 170 Å². The average molecular weight is 416 g/mol. The molecule has 2 N–H and O–H groups in total. The van der Waals surface area contributed by atoms with Crippen LogP contribution in [0.1, 0.15) is 43.2 Å². The highest BCUT2D eigenvalue weighted by molar-refractivity contribution is 7.92. The molecule has 1 fully saturated rings. The maximum Gasteiger partial charge on any atom is 0.412 e. The molecule has 1 heterocycles. The highest BCUT2D eigenvalue weighted by Crippen LogP contribution is 2.53. The van der Waals surface area contributed by atoms with Crippen molar-refractivity contribution in [2.24, 2.45) is 5.92 Å². The van der Waals surface area contributed by atoms with Gasteiger partial charge in [-0.05, 0) is 43.9 Å². The zero-order valence-corrected chi connectivity index (χ0v) is 17.1. The van der Waals surface area contributed by atoms with Crippen molar-refractivity contribution in [3.8, 4) is 0 Å². The Morgan fingerprint density at radius 2 is 1.66 bits per heavy atom. The third-order valence-electron chi connectivity index (χ3n) is 6.27. The molecule has 154 valence electrons. The second-order valence-corrected chi connectivity index (χ2v) is 10.1. The Kier molecular flexibility index (Phi) is 4.91. The van der Waals surface area contributed by atoms with Crippen molar-refractivity contribution < 1.29 is 23.4 Å². The van der Waals surface area contributed by atoms with Crippen molar-refractivity contribution in [2.45, 2.75) is 54.9 Å². The lowest BCUT2D eigenvalue weighted by Crippen LogP contribution is -2.55. The van der Waals surface area contributed by atoms with E-state index in [1.165, 1.54) is 18.2 Å². The molecule has 1 amide bonds. The van der Waals surface area contributed by atoms with Crippen LogP contribution in [0.2, 0.25) is 0 Å². The number of hydrogen-bond acceptors (Lipinski definition) is 4. The fraction of sp³-hybridized carbons (Fsp3) is 0.409. The topological polar surface area (TPSA) is 94.9 Å². The van der Waals surface area contributed by atoms with Crippen molar-refractivity contribution in [3.63, 3.8) is 0 Å². The van der Waals surface area contributed by atoms with E-state index in [2.05, 4.69) is 0 Å². The number of para-hydroxylation sites is 1. The van der Waals surface area contributed by atoms with E-state index in [1.807, 2.05) is 6.92 Å². The third kappa shape index (κ3) is 2.95. The van der Waals surface area contributed by atoms with Crippen LogP contribution in [-0.2, 0) is 14.8 Å². The fourth-order valence-electron chi connectivity index (χ4n) is 4.87. The number of nitrogens with zero attached hydrogens (tertiary/aromatic N) is 1. The van der Waals surface area contributed by atoms with Gasteiger partial charge in [0.2, 0.25) is 14.8 Å². The standard InChI is InChI=1S/C22H25NO5S/c1-15-11-13-17(14-12-15)29(27,28)22(26)18-9-5-6-10-19(18)23(21(24)25)20(22)16-7-3-2-4-8-16/h5-6,9-14,16,20,26H,2-4,7-8H2,1H3,(H,24,25). The molecule has 1 aliphatic carbocycles. The predicted molar refractivity (Wildman–Crippen MR) is 110 cm³/mol. The number of carbonyl (C=O) groups is 1. The van der Waals surface area contributed by atoms with Gasteiger partial charge in [0.1, 0.15) is 0 Å². The predicted octanol–water partition coefficient (Wildman–Crippen LogP) is 4.06. The van der Waals surface area contributed by atoms with Gasteiger partial charge in [-0.1, -0.05) is 55.2 Å². The molecule has 7 heteroatoms. The smallest absolute Gasteiger partial charge is 0.412 e. The van der Waals surface area contributed by atoms with E-state index in [4.69, 9.17) is 0 Å². The number of aryl methyl sites for hydroxylation is 1. The Balaban J connectivity index is 1.96. The average Bonchev–Trinajstić information content (AvgIpc) is 3.00. The number of amides is 1.